The van der Waals surface area contributed by atoms with Gasteiger partial charge in [0.15, 0.2) is 0 Å². The Morgan fingerprint density at radius 1 is 0.259 bits per heavy atom. The standard InChI is InChI=1S/C72H72N4O9/c77-70(43-61-37-64(80-49-55-19-7-1-8-20-55)46-65(38-61)81-50-56-21-9-2-10-22-56)73-31-34-76(35-32-74-71(78)44-62-39-66(82-51-57-23-11-3-12-24-57)47-67(40-62)83-52-58-25-13-4-14-26-58)36-33-75-72(79)45-63-41-68(84-53-59-27-15-5-16-28-59)48-69(42-63)85-54-60-29-17-6-18-30-60/h1-30,37-42,46-48H,31-36,43-45,49-54H2,(H,73,77)(H,74,78)(H,75,79). The third-order valence-corrected chi connectivity index (χ3v) is 13.7. The number of rotatable bonds is 33. The molecule has 0 aromatic heterocycles. The van der Waals surface area contributed by atoms with Gasteiger partial charge in [0, 0.05) is 57.5 Å². The van der Waals surface area contributed by atoms with Crippen LogP contribution in [0.25, 0.3) is 0 Å². The molecule has 0 saturated heterocycles. The number of nitrogens with zero attached hydrogens (tertiary/aromatic N) is 1. The van der Waals surface area contributed by atoms with E-state index in [1.54, 1.807) is 0 Å². The Morgan fingerprint density at radius 2 is 0.447 bits per heavy atom. The van der Waals surface area contributed by atoms with E-state index in [0.717, 1.165) is 50.1 Å². The van der Waals surface area contributed by atoms with Crippen LogP contribution in [0.2, 0.25) is 0 Å². The first-order valence-corrected chi connectivity index (χ1v) is 28.7. The Bertz CT molecular complexity index is 2920. The summed E-state index contributed by atoms with van der Waals surface area (Å²) in [6, 6.07) is 76.2. The van der Waals surface area contributed by atoms with Gasteiger partial charge in [0.25, 0.3) is 0 Å². The van der Waals surface area contributed by atoms with Gasteiger partial charge in [0.1, 0.15) is 74.1 Å². The van der Waals surface area contributed by atoms with Gasteiger partial charge in [-0.15, -0.1) is 0 Å². The van der Waals surface area contributed by atoms with Gasteiger partial charge in [0.05, 0.1) is 19.3 Å². The van der Waals surface area contributed by atoms with Crippen LogP contribution in [0.15, 0.2) is 237 Å². The van der Waals surface area contributed by atoms with Crippen molar-refractivity contribution in [3.63, 3.8) is 0 Å². The number of nitrogens with one attached hydrogen (secondary N) is 3. The summed E-state index contributed by atoms with van der Waals surface area (Å²) in [5.41, 5.74) is 8.31. The van der Waals surface area contributed by atoms with Crippen molar-refractivity contribution in [2.45, 2.75) is 58.9 Å². The second-order valence-corrected chi connectivity index (χ2v) is 20.5. The highest BCUT2D eigenvalue weighted by atomic mass is 16.5. The molecule has 0 atom stereocenters. The maximum absolute atomic E-state index is 13.7. The van der Waals surface area contributed by atoms with Gasteiger partial charge in [-0.05, 0) is 86.5 Å². The molecule has 0 unspecified atom stereocenters. The normalized spacial score (nSPS) is 10.8. The summed E-state index contributed by atoms with van der Waals surface area (Å²) in [5.74, 6) is 3.01. The highest BCUT2D eigenvalue weighted by molar-refractivity contribution is 5.80. The second kappa shape index (κ2) is 32.7. The molecule has 3 N–H and O–H groups in total. The third kappa shape index (κ3) is 21.4. The molecule has 0 aliphatic heterocycles. The lowest BCUT2D eigenvalue weighted by atomic mass is 10.1. The highest BCUT2D eigenvalue weighted by Crippen LogP contribution is 2.28. The van der Waals surface area contributed by atoms with Gasteiger partial charge in [-0.2, -0.15) is 0 Å². The molecule has 0 saturated carbocycles. The number of hydrogen-bond acceptors (Lipinski definition) is 10. The molecule has 85 heavy (non-hydrogen) atoms. The predicted octanol–water partition coefficient (Wildman–Crippen LogP) is 11.8. The number of carbonyl (C=O) groups excluding carboxylic acids is 3. The van der Waals surface area contributed by atoms with E-state index in [-0.39, 0.29) is 37.0 Å². The Hall–Kier alpha value is -9.85. The van der Waals surface area contributed by atoms with Crippen LogP contribution in [0.4, 0.5) is 0 Å². The molecular formula is C72H72N4O9. The first kappa shape index (κ1) is 59.8. The summed E-state index contributed by atoms with van der Waals surface area (Å²) in [4.78, 5) is 43.3. The summed E-state index contributed by atoms with van der Waals surface area (Å²) in [5, 5.41) is 9.30. The van der Waals surface area contributed by atoms with E-state index in [4.69, 9.17) is 28.4 Å². The van der Waals surface area contributed by atoms with E-state index in [1.807, 2.05) is 237 Å². The number of benzene rings is 9. The molecule has 0 heterocycles. The Balaban J connectivity index is 0.837. The quantitative estimate of drug-likeness (QED) is 0.0363. The number of carbonyl (C=O) groups is 3. The third-order valence-electron chi connectivity index (χ3n) is 13.7. The van der Waals surface area contributed by atoms with E-state index in [9.17, 15) is 14.4 Å². The smallest absolute Gasteiger partial charge is 0.224 e. The zero-order chi connectivity index (χ0) is 58.5. The molecule has 9 rings (SSSR count). The van der Waals surface area contributed by atoms with Crippen LogP contribution in [-0.2, 0) is 73.3 Å². The lowest BCUT2D eigenvalue weighted by Gasteiger charge is -2.23. The molecule has 3 amide bonds. The summed E-state index contributed by atoms with van der Waals surface area (Å²) in [6.45, 7) is 4.39. The maximum Gasteiger partial charge on any atom is 0.224 e. The van der Waals surface area contributed by atoms with Crippen molar-refractivity contribution in [3.8, 4) is 34.5 Å². The average molecular weight is 1140 g/mol. The molecule has 434 valence electrons. The summed E-state index contributed by atoms with van der Waals surface area (Å²) in [6.07, 6.45) is 0.266. The van der Waals surface area contributed by atoms with Crippen LogP contribution < -0.4 is 44.4 Å². The zero-order valence-electron chi connectivity index (χ0n) is 47.7. The number of hydrogen-bond donors (Lipinski definition) is 3. The van der Waals surface area contributed by atoms with Gasteiger partial charge >= 0.3 is 0 Å². The molecule has 0 aliphatic rings. The van der Waals surface area contributed by atoms with Crippen LogP contribution in [0, 0.1) is 0 Å². The summed E-state index contributed by atoms with van der Waals surface area (Å²) in [7, 11) is 0. The molecule has 9 aromatic rings. The number of ether oxygens (including phenoxy) is 6. The van der Waals surface area contributed by atoms with Crippen molar-refractivity contribution in [1.29, 1.82) is 0 Å². The predicted molar refractivity (Wildman–Crippen MR) is 331 cm³/mol. The molecule has 0 bridgehead atoms. The van der Waals surface area contributed by atoms with E-state index in [0.29, 0.717) is 113 Å². The first-order valence-electron chi connectivity index (χ1n) is 28.7. The zero-order valence-corrected chi connectivity index (χ0v) is 47.7. The Morgan fingerprint density at radius 3 is 0.635 bits per heavy atom. The van der Waals surface area contributed by atoms with Crippen molar-refractivity contribution in [1.82, 2.24) is 20.9 Å². The fourth-order valence-corrected chi connectivity index (χ4v) is 9.28. The van der Waals surface area contributed by atoms with E-state index >= 15 is 0 Å². The molecule has 13 heteroatoms. The first-order chi connectivity index (χ1) is 41.8. The molecule has 0 radical (unpaired) electrons. The lowest BCUT2D eigenvalue weighted by molar-refractivity contribution is -0.121. The molecule has 9 aromatic carbocycles. The van der Waals surface area contributed by atoms with Crippen LogP contribution >= 0.6 is 0 Å². The Labute approximate surface area is 498 Å². The van der Waals surface area contributed by atoms with Crippen molar-refractivity contribution < 1.29 is 42.8 Å². The molecule has 13 nitrogen and oxygen atoms in total. The van der Waals surface area contributed by atoms with Crippen molar-refractivity contribution in [2.24, 2.45) is 0 Å². The van der Waals surface area contributed by atoms with Crippen LogP contribution in [0.1, 0.15) is 50.1 Å². The van der Waals surface area contributed by atoms with Gasteiger partial charge in [-0.1, -0.05) is 182 Å². The van der Waals surface area contributed by atoms with E-state index < -0.39 is 0 Å². The number of amides is 3. The van der Waals surface area contributed by atoms with Crippen molar-refractivity contribution in [3.05, 3.63) is 287 Å². The summed E-state index contributed by atoms with van der Waals surface area (Å²) >= 11 is 0. The largest absolute Gasteiger partial charge is 0.489 e. The second-order valence-electron chi connectivity index (χ2n) is 20.5. The maximum atomic E-state index is 13.7. The average Bonchev–Trinajstić information content (AvgIpc) is 3.67. The van der Waals surface area contributed by atoms with Gasteiger partial charge in [0.2, 0.25) is 17.7 Å². The Kier molecular flexibility index (Phi) is 23.0. The minimum absolute atomic E-state index is 0.0886. The minimum Gasteiger partial charge on any atom is -0.489 e. The van der Waals surface area contributed by atoms with Crippen LogP contribution in [-0.4, -0.2) is 61.9 Å². The molecule has 0 fully saturated rings. The summed E-state index contributed by atoms with van der Waals surface area (Å²) < 4.78 is 37.3. The van der Waals surface area contributed by atoms with Crippen molar-refractivity contribution >= 4 is 17.7 Å². The topological polar surface area (TPSA) is 146 Å². The highest BCUT2D eigenvalue weighted by Gasteiger charge is 2.15. The van der Waals surface area contributed by atoms with Gasteiger partial charge in [-0.25, -0.2) is 0 Å². The molecule has 0 aliphatic carbocycles. The SMILES string of the molecule is O=C(Cc1cc(OCc2ccccc2)cc(OCc2ccccc2)c1)NCCN(CCNC(=O)Cc1cc(OCc2ccccc2)cc(OCc2ccccc2)c1)CCNC(=O)Cc1cc(OCc2ccccc2)cc(OCc2ccccc2)c1. The van der Waals surface area contributed by atoms with Crippen LogP contribution in [0.5, 0.6) is 34.5 Å². The molecule has 0 spiro atoms. The van der Waals surface area contributed by atoms with Gasteiger partial charge < -0.3 is 44.4 Å². The van der Waals surface area contributed by atoms with E-state index in [2.05, 4.69) is 20.9 Å². The van der Waals surface area contributed by atoms with Gasteiger partial charge in [-0.3, -0.25) is 19.3 Å². The minimum atomic E-state index is -0.181. The fourth-order valence-electron chi connectivity index (χ4n) is 9.28. The lowest BCUT2D eigenvalue weighted by Crippen LogP contribution is -2.43. The van der Waals surface area contributed by atoms with E-state index in [1.165, 1.54) is 0 Å². The fraction of sp³-hybridized carbons (Fsp3) is 0.208. The monoisotopic (exact) mass is 1140 g/mol. The van der Waals surface area contributed by atoms with Crippen LogP contribution in [0.3, 0.4) is 0 Å². The van der Waals surface area contributed by atoms with Crippen molar-refractivity contribution in [2.75, 3.05) is 39.3 Å². The molecular weight excluding hydrogens is 1060 g/mol.